The van der Waals surface area contributed by atoms with E-state index in [0.29, 0.717) is 35.3 Å². The molecule has 2 aliphatic heterocycles. The van der Waals surface area contributed by atoms with Gasteiger partial charge in [0.1, 0.15) is 12.4 Å². The summed E-state index contributed by atoms with van der Waals surface area (Å²) < 4.78 is 21.4. The lowest BCUT2D eigenvalue weighted by atomic mass is 9.82. The van der Waals surface area contributed by atoms with Gasteiger partial charge in [-0.3, -0.25) is 4.79 Å². The minimum absolute atomic E-state index is 0.0367. The number of ether oxygens (including phenoxy) is 1. The third-order valence-corrected chi connectivity index (χ3v) is 7.56. The van der Waals surface area contributed by atoms with Gasteiger partial charge in [0.2, 0.25) is 6.08 Å². The standard InChI is InChI=1S/C25H20FN3O5/c1-3-25(33)15-6-19-22-13(8-29(19)23(31)14(15)9-34-24(25)32)21-17(27-10-30)5-4-12-11(2)16(26)7-18(28-22)20(12)21/h6-7,17,33H,3-5,8-9H2,1-2H3/t17-,25-/m0/s1. The second-order valence-corrected chi connectivity index (χ2v) is 9.09. The summed E-state index contributed by atoms with van der Waals surface area (Å²) in [6.07, 6.45) is 2.75. The van der Waals surface area contributed by atoms with Crippen molar-refractivity contribution in [2.24, 2.45) is 4.99 Å². The number of esters is 1. The van der Waals surface area contributed by atoms with E-state index in [-0.39, 0.29) is 42.1 Å². The van der Waals surface area contributed by atoms with E-state index >= 15 is 0 Å². The van der Waals surface area contributed by atoms with Crippen LogP contribution in [0.3, 0.4) is 0 Å². The number of pyridine rings is 2. The topological polar surface area (TPSA) is 111 Å². The Labute approximate surface area is 192 Å². The van der Waals surface area contributed by atoms with Crippen LogP contribution in [0.1, 0.15) is 59.2 Å². The number of halogens is 1. The Morgan fingerprint density at radius 1 is 1.32 bits per heavy atom. The molecule has 4 heterocycles. The van der Waals surface area contributed by atoms with Crippen molar-refractivity contribution < 1.29 is 23.8 Å². The van der Waals surface area contributed by atoms with Gasteiger partial charge in [0.05, 0.1) is 35.1 Å². The Hall–Kier alpha value is -3.68. The molecular formula is C25H20FN3O5. The minimum Gasteiger partial charge on any atom is -0.458 e. The number of fused-ring (bicyclic) bond motifs is 5. The first-order valence-electron chi connectivity index (χ1n) is 11.2. The molecule has 1 N–H and O–H groups in total. The number of hydrogen-bond donors (Lipinski definition) is 1. The van der Waals surface area contributed by atoms with Gasteiger partial charge in [-0.05, 0) is 48.9 Å². The molecule has 0 unspecified atom stereocenters. The van der Waals surface area contributed by atoms with Crippen LogP contribution in [-0.2, 0) is 39.5 Å². The van der Waals surface area contributed by atoms with Crippen molar-refractivity contribution >= 4 is 23.0 Å². The molecule has 9 heteroatoms. The molecule has 1 aliphatic carbocycles. The number of benzene rings is 1. The first kappa shape index (κ1) is 20.9. The number of rotatable bonds is 2. The maximum absolute atomic E-state index is 14.8. The predicted molar refractivity (Wildman–Crippen MR) is 118 cm³/mol. The molecular weight excluding hydrogens is 441 g/mol. The van der Waals surface area contributed by atoms with Crippen LogP contribution in [0.5, 0.6) is 0 Å². The maximum Gasteiger partial charge on any atom is 0.343 e. The fourth-order valence-electron chi connectivity index (χ4n) is 5.72. The minimum atomic E-state index is -1.93. The third kappa shape index (κ3) is 2.48. The van der Waals surface area contributed by atoms with Gasteiger partial charge in [-0.1, -0.05) is 6.92 Å². The number of aryl methyl sites for hydroxylation is 1. The molecule has 172 valence electrons. The van der Waals surface area contributed by atoms with Gasteiger partial charge in [-0.15, -0.1) is 0 Å². The van der Waals surface area contributed by atoms with Gasteiger partial charge in [-0.2, -0.15) is 4.99 Å². The Bertz CT molecular complexity index is 1570. The number of cyclic esters (lactones) is 1. The summed E-state index contributed by atoms with van der Waals surface area (Å²) >= 11 is 0. The first-order chi connectivity index (χ1) is 16.3. The highest BCUT2D eigenvalue weighted by Crippen LogP contribution is 2.46. The fraction of sp³-hybridized carbons (Fsp3) is 0.360. The van der Waals surface area contributed by atoms with Gasteiger partial charge in [0.15, 0.2) is 5.60 Å². The van der Waals surface area contributed by atoms with Crippen LogP contribution in [0.25, 0.3) is 22.3 Å². The molecule has 0 saturated carbocycles. The fourth-order valence-corrected chi connectivity index (χ4v) is 5.72. The van der Waals surface area contributed by atoms with Crippen molar-refractivity contribution in [1.29, 1.82) is 0 Å². The van der Waals surface area contributed by atoms with Crippen LogP contribution in [-0.4, -0.2) is 26.7 Å². The van der Waals surface area contributed by atoms with Crippen LogP contribution >= 0.6 is 0 Å². The van der Waals surface area contributed by atoms with Gasteiger partial charge in [0, 0.05) is 22.6 Å². The van der Waals surface area contributed by atoms with E-state index in [9.17, 15) is 23.9 Å². The number of hydrogen-bond acceptors (Lipinski definition) is 7. The molecule has 34 heavy (non-hydrogen) atoms. The summed E-state index contributed by atoms with van der Waals surface area (Å²) in [7, 11) is 0. The normalized spacial score (nSPS) is 22.0. The highest BCUT2D eigenvalue weighted by atomic mass is 19.1. The summed E-state index contributed by atoms with van der Waals surface area (Å²) in [6, 6.07) is 2.50. The van der Waals surface area contributed by atoms with Crippen molar-refractivity contribution in [3.63, 3.8) is 0 Å². The average molecular weight is 461 g/mol. The maximum atomic E-state index is 14.8. The molecule has 8 nitrogen and oxygen atoms in total. The zero-order valence-electron chi connectivity index (χ0n) is 18.6. The SMILES string of the molecule is CC[C@@]1(O)C(=O)OCc2c1cc1n(c2=O)Cc2c-1nc1cc(F)c(C)c3c1c2[C@@H](N=C=O)CC3. The molecule has 2 aromatic heterocycles. The second-order valence-electron chi connectivity index (χ2n) is 9.09. The van der Waals surface area contributed by atoms with E-state index in [1.165, 1.54) is 10.6 Å². The van der Waals surface area contributed by atoms with Crippen molar-refractivity contribution in [2.75, 3.05) is 0 Å². The number of aromatic nitrogens is 2. The van der Waals surface area contributed by atoms with Crippen LogP contribution in [0.4, 0.5) is 4.39 Å². The smallest absolute Gasteiger partial charge is 0.343 e. The summed E-state index contributed by atoms with van der Waals surface area (Å²) in [5.41, 5.74) is 2.29. The molecule has 2 atom stereocenters. The van der Waals surface area contributed by atoms with Gasteiger partial charge >= 0.3 is 5.97 Å². The lowest BCUT2D eigenvalue weighted by molar-refractivity contribution is -0.172. The number of carbonyl (C=O) groups is 1. The highest BCUT2D eigenvalue weighted by Gasteiger charge is 2.45. The Balaban J connectivity index is 1.71. The summed E-state index contributed by atoms with van der Waals surface area (Å²) in [5.74, 6) is -1.17. The molecule has 0 amide bonds. The predicted octanol–water partition coefficient (Wildman–Crippen LogP) is 2.85. The molecule has 3 aromatic rings. The van der Waals surface area contributed by atoms with Crippen LogP contribution < -0.4 is 5.56 Å². The van der Waals surface area contributed by atoms with Crippen LogP contribution in [0, 0.1) is 12.7 Å². The van der Waals surface area contributed by atoms with Gasteiger partial charge in [-0.25, -0.2) is 19.0 Å². The summed E-state index contributed by atoms with van der Waals surface area (Å²) in [6.45, 7) is 3.33. The number of carbonyl (C=O) groups excluding carboxylic acids is 2. The van der Waals surface area contributed by atoms with Gasteiger partial charge in [0.25, 0.3) is 5.56 Å². The van der Waals surface area contributed by atoms with E-state index in [0.717, 1.165) is 22.1 Å². The summed E-state index contributed by atoms with van der Waals surface area (Å²) in [5, 5.41) is 11.8. The molecule has 0 radical (unpaired) electrons. The second kappa shape index (κ2) is 6.91. The lowest BCUT2D eigenvalue weighted by Gasteiger charge is -2.31. The number of isocyanates is 1. The quantitative estimate of drug-likeness (QED) is 0.279. The Morgan fingerprint density at radius 2 is 2.12 bits per heavy atom. The van der Waals surface area contributed by atoms with E-state index < -0.39 is 17.6 Å². The average Bonchev–Trinajstić information content (AvgIpc) is 3.19. The highest BCUT2D eigenvalue weighted by molar-refractivity contribution is 5.93. The van der Waals surface area contributed by atoms with Crippen molar-refractivity contribution in [3.05, 3.63) is 61.7 Å². The molecule has 0 spiro atoms. The molecule has 6 rings (SSSR count). The zero-order chi connectivity index (χ0) is 23.9. The lowest BCUT2D eigenvalue weighted by Crippen LogP contribution is -2.44. The number of nitrogens with zero attached hydrogens (tertiary/aromatic N) is 3. The summed E-state index contributed by atoms with van der Waals surface area (Å²) in [4.78, 5) is 45.8. The Morgan fingerprint density at radius 3 is 2.85 bits per heavy atom. The number of aliphatic hydroxyl groups is 1. The van der Waals surface area contributed by atoms with Crippen molar-refractivity contribution in [1.82, 2.24) is 9.55 Å². The van der Waals surface area contributed by atoms with Crippen molar-refractivity contribution in [2.45, 2.75) is 57.9 Å². The van der Waals surface area contributed by atoms with Crippen molar-refractivity contribution in [3.8, 4) is 11.4 Å². The third-order valence-electron chi connectivity index (χ3n) is 7.56. The molecule has 0 bridgehead atoms. The first-order valence-corrected chi connectivity index (χ1v) is 11.2. The van der Waals surface area contributed by atoms with E-state index in [2.05, 4.69) is 4.99 Å². The van der Waals surface area contributed by atoms with E-state index in [1.807, 2.05) is 0 Å². The molecule has 3 aliphatic rings. The van der Waals surface area contributed by atoms with E-state index in [1.54, 1.807) is 26.0 Å². The number of aliphatic imine (C=N–C) groups is 1. The molecule has 1 aromatic carbocycles. The molecule has 0 fully saturated rings. The monoisotopic (exact) mass is 461 g/mol. The largest absolute Gasteiger partial charge is 0.458 e. The Kier molecular flexibility index (Phi) is 4.25. The van der Waals surface area contributed by atoms with E-state index in [4.69, 9.17) is 9.72 Å². The van der Waals surface area contributed by atoms with Crippen LogP contribution in [0.15, 0.2) is 21.9 Å². The zero-order valence-corrected chi connectivity index (χ0v) is 18.6. The van der Waals surface area contributed by atoms with Gasteiger partial charge < -0.3 is 14.4 Å². The molecule has 0 saturated heterocycles. The van der Waals surface area contributed by atoms with Crippen LogP contribution in [0.2, 0.25) is 0 Å².